The number of hydrogen-bond acceptors (Lipinski definition) is 6. The van der Waals surface area contributed by atoms with Gasteiger partial charge in [0.1, 0.15) is 13.2 Å². The van der Waals surface area contributed by atoms with Gasteiger partial charge in [-0.1, -0.05) is 266 Å². The number of esters is 3. The first kappa shape index (κ1) is 59.4. The van der Waals surface area contributed by atoms with Crippen molar-refractivity contribution in [3.8, 4) is 0 Å². The first-order chi connectivity index (χ1) is 29.7. The van der Waals surface area contributed by atoms with Crippen LogP contribution in [-0.2, 0) is 28.6 Å². The van der Waals surface area contributed by atoms with Crippen molar-refractivity contribution in [1.29, 1.82) is 0 Å². The van der Waals surface area contributed by atoms with Gasteiger partial charge in [-0.3, -0.25) is 14.4 Å². The molecule has 0 heterocycles. The lowest BCUT2D eigenvalue weighted by Crippen LogP contribution is -2.30. The first-order valence-corrected chi connectivity index (χ1v) is 27.2. The zero-order chi connectivity index (χ0) is 44.7. The van der Waals surface area contributed by atoms with E-state index in [-0.39, 0.29) is 31.1 Å². The molecule has 0 saturated heterocycles. The van der Waals surface area contributed by atoms with Crippen LogP contribution in [0.2, 0.25) is 0 Å². The Balaban J connectivity index is 4.25. The molecule has 6 heteroatoms. The van der Waals surface area contributed by atoms with Crippen molar-refractivity contribution in [2.75, 3.05) is 13.2 Å². The third-order valence-electron chi connectivity index (χ3n) is 12.5. The molecule has 0 fully saturated rings. The number of carbonyl (C=O) groups excluding carboxylic acids is 3. The zero-order valence-corrected chi connectivity index (χ0v) is 41.8. The predicted octanol–water partition coefficient (Wildman–Crippen LogP) is 17.7. The Kier molecular flexibility index (Phi) is 46.6. The molecule has 0 aliphatic heterocycles. The number of hydrogen-bond donors (Lipinski definition) is 0. The smallest absolute Gasteiger partial charge is 0.306 e. The summed E-state index contributed by atoms with van der Waals surface area (Å²) in [6, 6.07) is 0. The molecule has 0 radical (unpaired) electrons. The summed E-state index contributed by atoms with van der Waals surface area (Å²) in [7, 11) is 0. The molecule has 0 unspecified atom stereocenters. The van der Waals surface area contributed by atoms with Gasteiger partial charge in [-0.25, -0.2) is 0 Å². The van der Waals surface area contributed by atoms with E-state index in [0.717, 1.165) is 69.6 Å². The fraction of sp³-hybridized carbons (Fsp3) is 0.945. The molecule has 0 aromatic heterocycles. The highest BCUT2D eigenvalue weighted by Gasteiger charge is 2.19. The van der Waals surface area contributed by atoms with E-state index in [1.165, 1.54) is 193 Å². The topological polar surface area (TPSA) is 78.9 Å². The maximum Gasteiger partial charge on any atom is 0.306 e. The van der Waals surface area contributed by atoms with Crippen LogP contribution in [0.5, 0.6) is 0 Å². The minimum Gasteiger partial charge on any atom is -0.462 e. The third kappa shape index (κ3) is 49.3. The van der Waals surface area contributed by atoms with E-state index in [1.807, 2.05) is 0 Å². The Morgan fingerprint density at radius 3 is 0.803 bits per heavy atom. The molecule has 1 atom stereocenters. The van der Waals surface area contributed by atoms with Crippen LogP contribution < -0.4 is 0 Å². The van der Waals surface area contributed by atoms with Crippen LogP contribution in [0, 0.1) is 11.8 Å². The van der Waals surface area contributed by atoms with Crippen LogP contribution in [0.4, 0.5) is 0 Å². The fourth-order valence-corrected chi connectivity index (χ4v) is 8.34. The molecule has 6 nitrogen and oxygen atoms in total. The molecule has 0 N–H and O–H groups in total. The minimum absolute atomic E-state index is 0.0633. The number of rotatable bonds is 49. The van der Waals surface area contributed by atoms with Crippen molar-refractivity contribution in [1.82, 2.24) is 0 Å². The van der Waals surface area contributed by atoms with E-state index in [4.69, 9.17) is 14.2 Å². The molecule has 0 rings (SSSR count). The summed E-state index contributed by atoms with van der Waals surface area (Å²) in [6.45, 7) is 11.4. The molecule has 0 aromatic carbocycles. The second-order valence-electron chi connectivity index (χ2n) is 19.8. The van der Waals surface area contributed by atoms with Crippen molar-refractivity contribution >= 4 is 17.9 Å². The summed E-state index contributed by atoms with van der Waals surface area (Å²) >= 11 is 0. The molecule has 0 amide bonds. The fourth-order valence-electron chi connectivity index (χ4n) is 8.34. The number of carbonyl (C=O) groups is 3. The average Bonchev–Trinajstić information content (AvgIpc) is 3.23. The van der Waals surface area contributed by atoms with Gasteiger partial charge in [-0.05, 0) is 31.1 Å². The highest BCUT2D eigenvalue weighted by Crippen LogP contribution is 2.18. The van der Waals surface area contributed by atoms with E-state index in [2.05, 4.69) is 34.6 Å². The Morgan fingerprint density at radius 2 is 0.541 bits per heavy atom. The molecule has 61 heavy (non-hydrogen) atoms. The average molecular weight is 863 g/mol. The van der Waals surface area contributed by atoms with Gasteiger partial charge in [0.05, 0.1) is 0 Å². The van der Waals surface area contributed by atoms with Gasteiger partial charge in [0.25, 0.3) is 0 Å². The molecule has 362 valence electrons. The Hall–Kier alpha value is -1.59. The summed E-state index contributed by atoms with van der Waals surface area (Å²) < 4.78 is 16.8. The summed E-state index contributed by atoms with van der Waals surface area (Å²) in [4.78, 5) is 38.0. The van der Waals surface area contributed by atoms with E-state index in [9.17, 15) is 14.4 Å². The third-order valence-corrected chi connectivity index (χ3v) is 12.5. The van der Waals surface area contributed by atoms with Gasteiger partial charge >= 0.3 is 17.9 Å². The van der Waals surface area contributed by atoms with E-state index in [1.54, 1.807) is 0 Å². The zero-order valence-electron chi connectivity index (χ0n) is 41.8. The van der Waals surface area contributed by atoms with Crippen LogP contribution in [-0.4, -0.2) is 37.2 Å². The second-order valence-corrected chi connectivity index (χ2v) is 19.8. The van der Waals surface area contributed by atoms with Gasteiger partial charge < -0.3 is 14.2 Å². The second kappa shape index (κ2) is 47.9. The summed E-state index contributed by atoms with van der Waals surface area (Å²) in [5.41, 5.74) is 0. The summed E-state index contributed by atoms with van der Waals surface area (Å²) in [6.07, 6.45) is 49.5. The van der Waals surface area contributed by atoms with E-state index in [0.29, 0.717) is 19.3 Å². The van der Waals surface area contributed by atoms with E-state index < -0.39 is 6.10 Å². The number of unbranched alkanes of at least 4 members (excludes halogenated alkanes) is 34. The van der Waals surface area contributed by atoms with Crippen LogP contribution in [0.3, 0.4) is 0 Å². The lowest BCUT2D eigenvalue weighted by atomic mass is 10.0. The SMILES string of the molecule is CCCCCCCCCCCCC(=O)OC[C@@H](COC(=O)CCCCCCCCCCCCCC(C)C)OC(=O)CCCCCCCCCCCCCCCCCCC(C)C. The van der Waals surface area contributed by atoms with Gasteiger partial charge in [-0.2, -0.15) is 0 Å². The van der Waals surface area contributed by atoms with Crippen molar-refractivity contribution in [2.24, 2.45) is 11.8 Å². The molecule has 0 bridgehead atoms. The maximum atomic E-state index is 12.8. The van der Waals surface area contributed by atoms with E-state index >= 15 is 0 Å². The molecule has 0 aromatic rings. The largest absolute Gasteiger partial charge is 0.462 e. The van der Waals surface area contributed by atoms with Crippen LogP contribution in [0.15, 0.2) is 0 Å². The lowest BCUT2D eigenvalue weighted by Gasteiger charge is -2.18. The molecular weight excluding hydrogens is 757 g/mol. The van der Waals surface area contributed by atoms with Crippen molar-refractivity contribution in [3.05, 3.63) is 0 Å². The lowest BCUT2D eigenvalue weighted by molar-refractivity contribution is -0.167. The van der Waals surface area contributed by atoms with Gasteiger partial charge in [-0.15, -0.1) is 0 Å². The molecule has 0 spiro atoms. The Bertz CT molecular complexity index is 931. The van der Waals surface area contributed by atoms with Crippen LogP contribution >= 0.6 is 0 Å². The van der Waals surface area contributed by atoms with Crippen LogP contribution in [0.25, 0.3) is 0 Å². The van der Waals surface area contributed by atoms with Gasteiger partial charge in [0.2, 0.25) is 0 Å². The highest BCUT2D eigenvalue weighted by atomic mass is 16.6. The highest BCUT2D eigenvalue weighted by molar-refractivity contribution is 5.71. The van der Waals surface area contributed by atoms with Crippen molar-refractivity contribution < 1.29 is 28.6 Å². The summed E-state index contributed by atoms with van der Waals surface area (Å²) in [5.74, 6) is 0.833. The standard InChI is InChI=1S/C55H106O6/c1-6-7-8-9-10-11-25-30-35-40-45-53(56)59-48-52(49-60-54(57)46-41-36-31-26-22-18-20-24-29-34-39-44-51(4)5)61-55(58)47-42-37-32-27-21-17-15-13-12-14-16-19-23-28-33-38-43-50(2)3/h50-52H,6-49H2,1-5H3/t52-/m0/s1. The monoisotopic (exact) mass is 863 g/mol. The van der Waals surface area contributed by atoms with Crippen molar-refractivity contribution in [2.45, 2.75) is 310 Å². The van der Waals surface area contributed by atoms with Gasteiger partial charge in [0.15, 0.2) is 6.10 Å². The molecule has 0 aliphatic carbocycles. The first-order valence-electron chi connectivity index (χ1n) is 27.2. The maximum absolute atomic E-state index is 12.8. The van der Waals surface area contributed by atoms with Crippen molar-refractivity contribution in [3.63, 3.8) is 0 Å². The Labute approximate surface area is 380 Å². The van der Waals surface area contributed by atoms with Crippen LogP contribution in [0.1, 0.15) is 304 Å². The normalized spacial score (nSPS) is 12.0. The number of ether oxygens (including phenoxy) is 3. The predicted molar refractivity (Wildman–Crippen MR) is 261 cm³/mol. The van der Waals surface area contributed by atoms with Gasteiger partial charge in [0, 0.05) is 19.3 Å². The minimum atomic E-state index is -0.761. The Morgan fingerprint density at radius 1 is 0.311 bits per heavy atom. The molecule has 0 aliphatic rings. The molecule has 0 saturated carbocycles. The molecular formula is C55H106O6. The quantitative estimate of drug-likeness (QED) is 0.0344. The summed E-state index contributed by atoms with van der Waals surface area (Å²) in [5, 5.41) is 0.